The van der Waals surface area contributed by atoms with E-state index in [0.29, 0.717) is 0 Å². The molecule has 0 N–H and O–H groups in total. The molecule has 2 aromatic rings. The lowest BCUT2D eigenvalue weighted by Gasteiger charge is -2.51. The minimum Gasteiger partial charge on any atom is -0.297 e. The van der Waals surface area contributed by atoms with Crippen LogP contribution in [-0.2, 0) is 6.54 Å². The molecular weight excluding hydrogens is 340 g/mol. The maximum Gasteiger partial charge on any atom is 0.0284 e. The number of fused-ring (bicyclic) bond motifs is 1. The average molecular weight is 383 g/mol. The summed E-state index contributed by atoms with van der Waals surface area (Å²) in [7, 11) is 0. The van der Waals surface area contributed by atoms with Gasteiger partial charge in [-0.05, 0) is 49.1 Å². The van der Waals surface area contributed by atoms with Crippen molar-refractivity contribution in [3.63, 3.8) is 0 Å². The van der Waals surface area contributed by atoms with Crippen LogP contribution in [0.1, 0.15) is 72.8 Å². The summed E-state index contributed by atoms with van der Waals surface area (Å²) in [4.78, 5) is 5.41. The zero-order valence-corrected chi connectivity index (χ0v) is 19.2. The Labute approximate surface area is 173 Å². The molecule has 2 aromatic carbocycles. The molecular formula is C26H42N2. The number of rotatable bonds is 3. The Hall–Kier alpha value is -1.38. The molecule has 1 heterocycles. The van der Waals surface area contributed by atoms with Gasteiger partial charge in [-0.25, -0.2) is 0 Å². The Bertz CT molecular complexity index is 702. The third-order valence-corrected chi connectivity index (χ3v) is 5.88. The minimum absolute atomic E-state index is 0.263. The molecule has 2 nitrogen and oxygen atoms in total. The summed E-state index contributed by atoms with van der Waals surface area (Å²) in [5, 5.41) is 2.70. The van der Waals surface area contributed by atoms with Crippen LogP contribution in [0, 0.1) is 0 Å². The van der Waals surface area contributed by atoms with E-state index in [-0.39, 0.29) is 5.54 Å². The van der Waals surface area contributed by atoms with Crippen molar-refractivity contribution in [1.82, 2.24) is 9.80 Å². The largest absolute Gasteiger partial charge is 0.297 e. The predicted molar refractivity (Wildman–Crippen MR) is 125 cm³/mol. The van der Waals surface area contributed by atoms with Gasteiger partial charge in [-0.2, -0.15) is 0 Å². The molecule has 2 heteroatoms. The quantitative estimate of drug-likeness (QED) is 0.580. The molecule has 0 unspecified atom stereocenters. The van der Waals surface area contributed by atoms with E-state index < -0.39 is 0 Å². The van der Waals surface area contributed by atoms with Gasteiger partial charge in [0.2, 0.25) is 0 Å². The topological polar surface area (TPSA) is 6.48 Å². The van der Waals surface area contributed by atoms with Crippen molar-refractivity contribution in [3.05, 3.63) is 48.0 Å². The molecule has 0 aromatic heterocycles. The molecule has 1 aliphatic carbocycles. The Kier molecular flexibility index (Phi) is 8.98. The second-order valence-electron chi connectivity index (χ2n) is 8.68. The second kappa shape index (κ2) is 11.0. The lowest BCUT2D eigenvalue weighted by Crippen LogP contribution is -2.61. The Morgan fingerprint density at radius 1 is 0.929 bits per heavy atom. The Balaban J connectivity index is 0.000000514. The molecule has 1 aliphatic heterocycles. The van der Waals surface area contributed by atoms with Crippen molar-refractivity contribution >= 4 is 10.8 Å². The van der Waals surface area contributed by atoms with Crippen LogP contribution in [0.2, 0.25) is 0 Å². The van der Waals surface area contributed by atoms with E-state index in [1.54, 1.807) is 0 Å². The fourth-order valence-electron chi connectivity index (χ4n) is 4.14. The number of nitrogens with zero attached hydrogens (tertiary/aromatic N) is 2. The summed E-state index contributed by atoms with van der Waals surface area (Å²) >= 11 is 0. The van der Waals surface area contributed by atoms with Crippen LogP contribution in [-0.4, -0.2) is 41.0 Å². The van der Waals surface area contributed by atoms with Gasteiger partial charge in [-0.3, -0.25) is 9.80 Å². The molecule has 0 radical (unpaired) electrons. The molecule has 28 heavy (non-hydrogen) atoms. The highest BCUT2D eigenvalue weighted by Crippen LogP contribution is 2.31. The van der Waals surface area contributed by atoms with Crippen LogP contribution >= 0.6 is 0 Å². The van der Waals surface area contributed by atoms with E-state index in [9.17, 15) is 0 Å². The van der Waals surface area contributed by atoms with E-state index in [0.717, 1.165) is 12.6 Å². The van der Waals surface area contributed by atoms with Gasteiger partial charge in [0.05, 0.1) is 0 Å². The molecule has 1 saturated carbocycles. The second-order valence-corrected chi connectivity index (χ2v) is 8.68. The maximum atomic E-state index is 2.74. The van der Waals surface area contributed by atoms with Crippen LogP contribution in [0.25, 0.3) is 10.8 Å². The standard InChI is InChI=1S/C21H28N2.C3H8.C2H6/c1-21(2)16-22(20-8-5-9-20)12-13-23(21)15-17-10-11-18-6-3-4-7-19(18)14-17;1-3-2;1-2/h3-4,6-7,10-11,14,20H,5,8-9,12-13,15-16H2,1-2H3;3H2,1-2H3;1-2H3. The van der Waals surface area contributed by atoms with Gasteiger partial charge in [0, 0.05) is 37.8 Å². The fourth-order valence-corrected chi connectivity index (χ4v) is 4.14. The first-order valence-electron chi connectivity index (χ1n) is 11.5. The summed E-state index contributed by atoms with van der Waals surface area (Å²) in [6, 6.07) is 16.5. The Morgan fingerprint density at radius 3 is 2.14 bits per heavy atom. The third kappa shape index (κ3) is 5.81. The highest BCUT2D eigenvalue weighted by molar-refractivity contribution is 5.82. The molecule has 0 spiro atoms. The van der Waals surface area contributed by atoms with Crippen molar-refractivity contribution in [3.8, 4) is 0 Å². The molecule has 2 fully saturated rings. The van der Waals surface area contributed by atoms with E-state index in [1.807, 2.05) is 13.8 Å². The van der Waals surface area contributed by atoms with E-state index in [1.165, 1.54) is 61.7 Å². The van der Waals surface area contributed by atoms with E-state index in [4.69, 9.17) is 0 Å². The predicted octanol–water partition coefficient (Wildman–Crippen LogP) is 6.73. The van der Waals surface area contributed by atoms with Gasteiger partial charge in [0.25, 0.3) is 0 Å². The smallest absolute Gasteiger partial charge is 0.0284 e. The first-order valence-corrected chi connectivity index (χ1v) is 11.5. The van der Waals surface area contributed by atoms with Crippen LogP contribution in [0.15, 0.2) is 42.5 Å². The molecule has 156 valence electrons. The first-order chi connectivity index (χ1) is 13.5. The van der Waals surface area contributed by atoms with Crippen molar-refractivity contribution in [2.75, 3.05) is 19.6 Å². The molecule has 4 rings (SSSR count). The lowest BCUT2D eigenvalue weighted by molar-refractivity contribution is -0.0214. The van der Waals surface area contributed by atoms with Crippen LogP contribution in [0.5, 0.6) is 0 Å². The summed E-state index contributed by atoms with van der Waals surface area (Å²) in [6.45, 7) is 17.8. The number of piperazine rings is 1. The van der Waals surface area contributed by atoms with Crippen molar-refractivity contribution in [2.45, 2.75) is 85.4 Å². The van der Waals surface area contributed by atoms with Gasteiger partial charge in [0.1, 0.15) is 0 Å². The van der Waals surface area contributed by atoms with Gasteiger partial charge in [-0.15, -0.1) is 0 Å². The normalized spacial score (nSPS) is 19.8. The lowest BCUT2D eigenvalue weighted by atomic mass is 9.88. The molecule has 2 aliphatic rings. The average Bonchev–Trinajstić information content (AvgIpc) is 2.64. The van der Waals surface area contributed by atoms with Gasteiger partial charge in [-0.1, -0.05) is 76.9 Å². The molecule has 0 amide bonds. The zero-order valence-electron chi connectivity index (χ0n) is 19.2. The van der Waals surface area contributed by atoms with Gasteiger partial charge < -0.3 is 0 Å². The summed E-state index contributed by atoms with van der Waals surface area (Å²) in [5.41, 5.74) is 1.70. The number of hydrogen-bond acceptors (Lipinski definition) is 2. The highest BCUT2D eigenvalue weighted by Gasteiger charge is 2.37. The van der Waals surface area contributed by atoms with Gasteiger partial charge in [0.15, 0.2) is 0 Å². The van der Waals surface area contributed by atoms with Crippen molar-refractivity contribution in [1.29, 1.82) is 0 Å². The summed E-state index contributed by atoms with van der Waals surface area (Å²) < 4.78 is 0. The van der Waals surface area contributed by atoms with Crippen LogP contribution in [0.3, 0.4) is 0 Å². The minimum atomic E-state index is 0.263. The molecule has 0 bridgehead atoms. The van der Waals surface area contributed by atoms with Crippen molar-refractivity contribution < 1.29 is 0 Å². The number of benzene rings is 2. The van der Waals surface area contributed by atoms with Crippen LogP contribution < -0.4 is 0 Å². The molecule has 1 saturated heterocycles. The third-order valence-electron chi connectivity index (χ3n) is 5.88. The SMILES string of the molecule is CC.CC1(C)CN(C2CCC2)CCN1Cc1ccc2ccccc2c1.CCC. The van der Waals surface area contributed by atoms with Crippen LogP contribution in [0.4, 0.5) is 0 Å². The monoisotopic (exact) mass is 382 g/mol. The van der Waals surface area contributed by atoms with E-state index >= 15 is 0 Å². The highest BCUT2D eigenvalue weighted by atomic mass is 15.3. The zero-order chi connectivity index (χ0) is 20.6. The van der Waals surface area contributed by atoms with E-state index in [2.05, 4.69) is 80.0 Å². The molecule has 0 atom stereocenters. The maximum absolute atomic E-state index is 2.74. The Morgan fingerprint density at radius 2 is 1.57 bits per heavy atom. The first kappa shape index (κ1) is 22.9. The fraction of sp³-hybridized carbons (Fsp3) is 0.615. The number of hydrogen-bond donors (Lipinski definition) is 0. The summed E-state index contributed by atoms with van der Waals surface area (Å²) in [6.07, 6.45) is 5.52. The summed E-state index contributed by atoms with van der Waals surface area (Å²) in [5.74, 6) is 0. The van der Waals surface area contributed by atoms with Crippen molar-refractivity contribution in [2.24, 2.45) is 0 Å². The van der Waals surface area contributed by atoms with Gasteiger partial charge >= 0.3 is 0 Å².